The number of hydrogen-bond donors (Lipinski definition) is 2. The van der Waals surface area contributed by atoms with Crippen molar-refractivity contribution in [2.24, 2.45) is 5.73 Å². The van der Waals surface area contributed by atoms with E-state index in [-0.39, 0.29) is 5.91 Å². The molecule has 5 heteroatoms. The first-order valence-corrected chi connectivity index (χ1v) is 7.91. The zero-order chi connectivity index (χ0) is 13.9. The number of rotatable bonds is 5. The van der Waals surface area contributed by atoms with Gasteiger partial charge in [0, 0.05) is 24.3 Å². The van der Waals surface area contributed by atoms with Gasteiger partial charge in [-0.3, -0.25) is 4.79 Å². The van der Waals surface area contributed by atoms with Crippen LogP contribution < -0.4 is 11.1 Å². The molecule has 0 radical (unpaired) electrons. The van der Waals surface area contributed by atoms with Gasteiger partial charge >= 0.3 is 0 Å². The largest absolute Gasteiger partial charge is 0.354 e. The van der Waals surface area contributed by atoms with E-state index in [1.807, 2.05) is 0 Å². The van der Waals surface area contributed by atoms with E-state index < -0.39 is 5.54 Å². The summed E-state index contributed by atoms with van der Waals surface area (Å²) in [6, 6.07) is 0. The van der Waals surface area contributed by atoms with Crippen molar-refractivity contribution in [3.63, 3.8) is 0 Å². The van der Waals surface area contributed by atoms with Crippen molar-refractivity contribution < 1.29 is 4.79 Å². The predicted octanol–water partition coefficient (Wildman–Crippen LogP) is 2.20. The average Bonchev–Trinajstić information content (AvgIpc) is 2.99. The Morgan fingerprint density at radius 1 is 1.53 bits per heavy atom. The fourth-order valence-electron chi connectivity index (χ4n) is 2.42. The van der Waals surface area contributed by atoms with Crippen molar-refractivity contribution in [2.45, 2.75) is 57.4 Å². The molecule has 1 aliphatic carbocycles. The molecule has 1 amide bonds. The molecule has 0 unspecified atom stereocenters. The highest BCUT2D eigenvalue weighted by molar-refractivity contribution is 7.09. The van der Waals surface area contributed by atoms with Crippen LogP contribution in [-0.4, -0.2) is 23.0 Å². The number of amides is 1. The first kappa shape index (κ1) is 14.5. The number of thiazole rings is 1. The summed E-state index contributed by atoms with van der Waals surface area (Å²) < 4.78 is 0. The first-order valence-electron chi connectivity index (χ1n) is 7.03. The zero-order valence-corrected chi connectivity index (χ0v) is 12.6. The fourth-order valence-corrected chi connectivity index (χ4v) is 3.29. The minimum Gasteiger partial charge on any atom is -0.354 e. The quantitative estimate of drug-likeness (QED) is 0.869. The van der Waals surface area contributed by atoms with E-state index in [1.165, 1.54) is 0 Å². The van der Waals surface area contributed by atoms with Crippen molar-refractivity contribution in [3.8, 4) is 0 Å². The number of nitrogens with one attached hydrogen (secondary N) is 1. The third-order valence-corrected chi connectivity index (χ3v) is 4.87. The van der Waals surface area contributed by atoms with Crippen LogP contribution in [0.3, 0.4) is 0 Å². The summed E-state index contributed by atoms with van der Waals surface area (Å²) in [5.41, 5.74) is 6.54. The minimum atomic E-state index is -0.620. The zero-order valence-electron chi connectivity index (χ0n) is 11.7. The van der Waals surface area contributed by atoms with E-state index in [4.69, 9.17) is 5.73 Å². The van der Waals surface area contributed by atoms with Gasteiger partial charge in [0.15, 0.2) is 0 Å². The third kappa shape index (κ3) is 3.54. The van der Waals surface area contributed by atoms with Crippen LogP contribution in [0.1, 0.15) is 56.2 Å². The lowest BCUT2D eigenvalue weighted by Gasteiger charge is -2.22. The predicted molar refractivity (Wildman–Crippen MR) is 78.3 cm³/mol. The molecule has 1 fully saturated rings. The number of carbonyl (C=O) groups excluding carboxylic acids is 1. The Kier molecular flexibility index (Phi) is 4.58. The summed E-state index contributed by atoms with van der Waals surface area (Å²) in [6.07, 6.45) is 4.53. The van der Waals surface area contributed by atoms with E-state index in [0.717, 1.165) is 42.8 Å². The molecule has 1 aromatic rings. The fraction of sp³-hybridized carbons (Fsp3) is 0.714. The Labute approximate surface area is 118 Å². The molecule has 0 aliphatic heterocycles. The second kappa shape index (κ2) is 6.01. The van der Waals surface area contributed by atoms with Crippen LogP contribution in [0.4, 0.5) is 0 Å². The maximum absolute atomic E-state index is 12.0. The van der Waals surface area contributed by atoms with Gasteiger partial charge in [-0.2, -0.15) is 0 Å². The second-order valence-electron chi connectivity index (χ2n) is 5.70. The van der Waals surface area contributed by atoms with Crippen LogP contribution in [0, 0.1) is 0 Å². The van der Waals surface area contributed by atoms with Crippen molar-refractivity contribution in [1.82, 2.24) is 10.3 Å². The highest BCUT2D eigenvalue weighted by atomic mass is 32.1. The van der Waals surface area contributed by atoms with Gasteiger partial charge in [0.1, 0.15) is 0 Å². The lowest BCUT2D eigenvalue weighted by atomic mass is 9.98. The number of carbonyl (C=O) groups is 1. The first-order chi connectivity index (χ1) is 9.01. The van der Waals surface area contributed by atoms with E-state index in [2.05, 4.69) is 29.5 Å². The van der Waals surface area contributed by atoms with Gasteiger partial charge in [0.05, 0.1) is 16.2 Å². The van der Waals surface area contributed by atoms with Crippen LogP contribution in [0.5, 0.6) is 0 Å². The molecular formula is C14H23N3OS. The molecule has 0 saturated heterocycles. The summed E-state index contributed by atoms with van der Waals surface area (Å²) >= 11 is 1.69. The topological polar surface area (TPSA) is 68.0 Å². The standard InChI is InChI=1S/C14H23N3OS/c1-10(2)12-17-11(9-19-12)5-8-16-13(18)14(15)6-3-4-7-14/h9-10H,3-8,15H2,1-2H3,(H,16,18). The van der Waals surface area contributed by atoms with E-state index in [9.17, 15) is 4.79 Å². The summed E-state index contributed by atoms with van der Waals surface area (Å²) in [5, 5.41) is 6.19. The van der Waals surface area contributed by atoms with Gasteiger partial charge in [-0.05, 0) is 12.8 Å². The Morgan fingerprint density at radius 3 is 2.79 bits per heavy atom. The SMILES string of the molecule is CC(C)c1nc(CCNC(=O)C2(N)CCCC2)cs1. The van der Waals surface area contributed by atoms with Gasteiger partial charge in [0.25, 0.3) is 0 Å². The van der Waals surface area contributed by atoms with E-state index in [1.54, 1.807) is 11.3 Å². The van der Waals surface area contributed by atoms with Crippen LogP contribution in [0.15, 0.2) is 5.38 Å². The molecule has 0 aromatic carbocycles. The Bertz CT molecular complexity index is 436. The number of nitrogens with zero attached hydrogens (tertiary/aromatic N) is 1. The van der Waals surface area contributed by atoms with Crippen LogP contribution in [0.2, 0.25) is 0 Å². The number of nitrogens with two attached hydrogens (primary N) is 1. The van der Waals surface area contributed by atoms with Crippen LogP contribution in [0.25, 0.3) is 0 Å². The molecule has 1 saturated carbocycles. The molecule has 19 heavy (non-hydrogen) atoms. The molecule has 1 heterocycles. The molecule has 4 nitrogen and oxygen atoms in total. The summed E-state index contributed by atoms with van der Waals surface area (Å²) in [4.78, 5) is 16.6. The maximum atomic E-state index is 12.0. The number of hydrogen-bond acceptors (Lipinski definition) is 4. The van der Waals surface area contributed by atoms with Gasteiger partial charge in [-0.1, -0.05) is 26.7 Å². The maximum Gasteiger partial charge on any atom is 0.240 e. The molecule has 0 atom stereocenters. The Hall–Kier alpha value is -0.940. The van der Waals surface area contributed by atoms with Crippen molar-refractivity contribution in [2.75, 3.05) is 6.54 Å². The van der Waals surface area contributed by atoms with Crippen molar-refractivity contribution in [1.29, 1.82) is 0 Å². The lowest BCUT2D eigenvalue weighted by molar-refractivity contribution is -0.126. The summed E-state index contributed by atoms with van der Waals surface area (Å²) in [6.45, 7) is 4.91. The lowest BCUT2D eigenvalue weighted by Crippen LogP contribution is -2.52. The molecule has 1 aliphatic rings. The Balaban J connectivity index is 1.78. The molecule has 2 rings (SSSR count). The highest BCUT2D eigenvalue weighted by Gasteiger charge is 2.36. The molecule has 0 bridgehead atoms. The van der Waals surface area contributed by atoms with Crippen molar-refractivity contribution >= 4 is 17.2 Å². The average molecular weight is 281 g/mol. The molecule has 1 aromatic heterocycles. The summed E-state index contributed by atoms with van der Waals surface area (Å²) in [5.74, 6) is 0.475. The smallest absolute Gasteiger partial charge is 0.240 e. The molecular weight excluding hydrogens is 258 g/mol. The van der Waals surface area contributed by atoms with Gasteiger partial charge < -0.3 is 11.1 Å². The van der Waals surface area contributed by atoms with Crippen molar-refractivity contribution in [3.05, 3.63) is 16.1 Å². The van der Waals surface area contributed by atoms with Gasteiger partial charge in [-0.15, -0.1) is 11.3 Å². The van der Waals surface area contributed by atoms with E-state index in [0.29, 0.717) is 12.5 Å². The summed E-state index contributed by atoms with van der Waals surface area (Å²) in [7, 11) is 0. The third-order valence-electron chi connectivity index (χ3n) is 3.68. The second-order valence-corrected chi connectivity index (χ2v) is 6.59. The highest BCUT2D eigenvalue weighted by Crippen LogP contribution is 2.27. The van der Waals surface area contributed by atoms with Gasteiger partial charge in [-0.25, -0.2) is 4.98 Å². The molecule has 3 N–H and O–H groups in total. The van der Waals surface area contributed by atoms with Gasteiger partial charge in [0.2, 0.25) is 5.91 Å². The number of aromatic nitrogens is 1. The van der Waals surface area contributed by atoms with Crippen LogP contribution >= 0.6 is 11.3 Å². The van der Waals surface area contributed by atoms with E-state index >= 15 is 0 Å². The molecule has 0 spiro atoms. The Morgan fingerprint density at radius 2 is 2.21 bits per heavy atom. The van der Waals surface area contributed by atoms with Crippen LogP contribution in [-0.2, 0) is 11.2 Å². The minimum absolute atomic E-state index is 0.00399. The normalized spacial score (nSPS) is 17.9. The molecule has 106 valence electrons. The monoisotopic (exact) mass is 281 g/mol.